The highest BCUT2D eigenvalue weighted by Gasteiger charge is 2.35. The van der Waals surface area contributed by atoms with Gasteiger partial charge in [-0.15, -0.1) is 0 Å². The van der Waals surface area contributed by atoms with E-state index < -0.39 is 4.92 Å². The number of likely N-dealkylation sites (tertiary alicyclic amines) is 1. The van der Waals surface area contributed by atoms with Gasteiger partial charge in [0.2, 0.25) is 5.91 Å². The molecule has 0 unspecified atom stereocenters. The van der Waals surface area contributed by atoms with Gasteiger partial charge in [-0.1, -0.05) is 36.0 Å². The number of nitro groups is 1. The Hall–Kier alpha value is -1.37. The maximum Gasteiger partial charge on any atom is 0.274 e. The zero-order chi connectivity index (χ0) is 19.6. The van der Waals surface area contributed by atoms with Crippen LogP contribution in [0.4, 0.5) is 5.69 Å². The Morgan fingerprint density at radius 2 is 1.81 bits per heavy atom. The van der Waals surface area contributed by atoms with E-state index in [9.17, 15) is 14.9 Å². The van der Waals surface area contributed by atoms with Gasteiger partial charge in [-0.3, -0.25) is 19.8 Å². The van der Waals surface area contributed by atoms with Gasteiger partial charge in [0.05, 0.1) is 21.4 Å². The summed E-state index contributed by atoms with van der Waals surface area (Å²) >= 11 is 11.9. The molecule has 1 saturated carbocycles. The van der Waals surface area contributed by atoms with Crippen LogP contribution in [-0.2, 0) is 11.2 Å². The summed E-state index contributed by atoms with van der Waals surface area (Å²) in [6, 6.07) is 3.21. The van der Waals surface area contributed by atoms with Gasteiger partial charge < -0.3 is 4.90 Å². The predicted octanol–water partition coefficient (Wildman–Crippen LogP) is 4.31. The summed E-state index contributed by atoms with van der Waals surface area (Å²) in [5.74, 6) is -0.118. The van der Waals surface area contributed by atoms with Crippen molar-refractivity contribution in [1.29, 1.82) is 0 Å². The van der Waals surface area contributed by atoms with Crippen molar-refractivity contribution in [2.75, 3.05) is 20.1 Å². The second-order valence-corrected chi connectivity index (χ2v) is 8.31. The molecule has 8 heteroatoms. The molecule has 6 nitrogen and oxygen atoms in total. The summed E-state index contributed by atoms with van der Waals surface area (Å²) in [5, 5.41) is 11.7. The zero-order valence-corrected chi connectivity index (χ0v) is 17.0. The molecule has 1 heterocycles. The van der Waals surface area contributed by atoms with E-state index in [0.29, 0.717) is 11.6 Å². The van der Waals surface area contributed by atoms with Crippen LogP contribution in [0.2, 0.25) is 10.0 Å². The van der Waals surface area contributed by atoms with Gasteiger partial charge in [0.25, 0.3) is 5.69 Å². The first-order valence-electron chi connectivity index (χ1n) is 9.50. The SMILES string of the molecule is CN(C(=O)Cc1cc(Cl)c(Cl)cc1[N+](=O)[O-])[C@@H]1CCCC[C@@H]1N1CCCC1. The monoisotopic (exact) mass is 413 g/mol. The lowest BCUT2D eigenvalue weighted by atomic mass is 9.88. The Kier molecular flexibility index (Phi) is 6.61. The number of nitro benzene ring substituents is 1. The summed E-state index contributed by atoms with van der Waals surface area (Å²) in [5.41, 5.74) is 0.144. The highest BCUT2D eigenvalue weighted by Crippen LogP contribution is 2.32. The highest BCUT2D eigenvalue weighted by molar-refractivity contribution is 6.42. The van der Waals surface area contributed by atoms with Crippen LogP contribution in [0.3, 0.4) is 0 Å². The summed E-state index contributed by atoms with van der Waals surface area (Å²) in [6.07, 6.45) is 6.78. The molecular formula is C19H25Cl2N3O3. The largest absolute Gasteiger partial charge is 0.341 e. The number of halogens is 2. The van der Waals surface area contributed by atoms with E-state index in [0.717, 1.165) is 32.4 Å². The van der Waals surface area contributed by atoms with E-state index in [2.05, 4.69) is 4.90 Å². The number of benzene rings is 1. The van der Waals surface area contributed by atoms with Gasteiger partial charge in [-0.25, -0.2) is 0 Å². The van der Waals surface area contributed by atoms with Crippen molar-refractivity contribution in [2.24, 2.45) is 0 Å². The van der Waals surface area contributed by atoms with Crippen molar-refractivity contribution >= 4 is 34.8 Å². The molecule has 1 aliphatic heterocycles. The van der Waals surface area contributed by atoms with Gasteiger partial charge in [-0.2, -0.15) is 0 Å². The van der Waals surface area contributed by atoms with Crippen LogP contribution in [0, 0.1) is 10.1 Å². The number of nitrogens with zero attached hydrogens (tertiary/aromatic N) is 3. The van der Waals surface area contributed by atoms with Crippen LogP contribution >= 0.6 is 23.2 Å². The molecule has 0 spiro atoms. The molecule has 0 radical (unpaired) electrons. The van der Waals surface area contributed by atoms with E-state index >= 15 is 0 Å². The summed E-state index contributed by atoms with van der Waals surface area (Å²) < 4.78 is 0. The molecule has 1 aliphatic carbocycles. The molecule has 27 heavy (non-hydrogen) atoms. The minimum atomic E-state index is -0.515. The molecule has 1 aromatic carbocycles. The Morgan fingerprint density at radius 1 is 1.19 bits per heavy atom. The van der Waals surface area contributed by atoms with E-state index in [1.807, 2.05) is 7.05 Å². The number of hydrogen-bond donors (Lipinski definition) is 0. The summed E-state index contributed by atoms with van der Waals surface area (Å²) in [6.45, 7) is 2.20. The number of hydrogen-bond acceptors (Lipinski definition) is 4. The minimum absolute atomic E-state index is 0.0487. The average molecular weight is 414 g/mol. The van der Waals surface area contributed by atoms with E-state index in [1.54, 1.807) is 4.90 Å². The van der Waals surface area contributed by atoms with Gasteiger partial charge in [0, 0.05) is 30.8 Å². The second kappa shape index (κ2) is 8.76. The van der Waals surface area contributed by atoms with Crippen molar-refractivity contribution in [3.05, 3.63) is 37.9 Å². The maximum absolute atomic E-state index is 13.0. The highest BCUT2D eigenvalue weighted by atomic mass is 35.5. The molecule has 3 rings (SSSR count). The van der Waals surface area contributed by atoms with E-state index in [4.69, 9.17) is 23.2 Å². The topological polar surface area (TPSA) is 66.7 Å². The van der Waals surface area contributed by atoms with E-state index in [1.165, 1.54) is 31.4 Å². The first-order chi connectivity index (χ1) is 12.9. The van der Waals surface area contributed by atoms with Gasteiger partial charge >= 0.3 is 0 Å². The zero-order valence-electron chi connectivity index (χ0n) is 15.5. The number of likely N-dealkylation sites (N-methyl/N-ethyl adjacent to an activating group) is 1. The van der Waals surface area contributed by atoms with Crippen molar-refractivity contribution < 1.29 is 9.72 Å². The molecular weight excluding hydrogens is 389 g/mol. The molecule has 1 aromatic rings. The smallest absolute Gasteiger partial charge is 0.274 e. The molecule has 148 valence electrons. The summed E-state index contributed by atoms with van der Waals surface area (Å²) in [4.78, 5) is 28.1. The number of carbonyl (C=O) groups is 1. The molecule has 2 atom stereocenters. The van der Waals surface area contributed by atoms with Crippen LogP contribution in [0.25, 0.3) is 0 Å². The fourth-order valence-electron chi connectivity index (χ4n) is 4.40. The Morgan fingerprint density at radius 3 is 2.48 bits per heavy atom. The summed E-state index contributed by atoms with van der Waals surface area (Å²) in [7, 11) is 1.82. The van der Waals surface area contributed by atoms with Gasteiger partial charge in [-0.05, 0) is 44.8 Å². The molecule has 0 aromatic heterocycles. The van der Waals surface area contributed by atoms with Crippen LogP contribution in [0.15, 0.2) is 12.1 Å². The standard InChI is InChI=1S/C19H25Cl2N3O3/c1-22(16-6-2-3-7-17(16)23-8-4-5-9-23)19(25)11-13-10-14(20)15(21)12-18(13)24(26)27/h10,12,16-17H,2-9,11H2,1H3/t16-,17+/m1/s1. The van der Waals surface area contributed by atoms with Crippen molar-refractivity contribution in [3.63, 3.8) is 0 Å². The molecule has 2 fully saturated rings. The molecule has 2 aliphatic rings. The predicted molar refractivity (Wildman–Crippen MR) is 106 cm³/mol. The van der Waals surface area contributed by atoms with Crippen molar-refractivity contribution in [3.8, 4) is 0 Å². The fourth-order valence-corrected chi connectivity index (χ4v) is 4.75. The number of carbonyl (C=O) groups excluding carboxylic acids is 1. The average Bonchev–Trinajstić information content (AvgIpc) is 3.18. The maximum atomic E-state index is 13.0. The molecule has 0 N–H and O–H groups in total. The van der Waals surface area contributed by atoms with Crippen LogP contribution in [-0.4, -0.2) is 52.9 Å². The lowest BCUT2D eigenvalue weighted by Crippen LogP contribution is -2.53. The van der Waals surface area contributed by atoms with Gasteiger partial charge in [0.1, 0.15) is 0 Å². The van der Waals surface area contributed by atoms with Crippen molar-refractivity contribution in [1.82, 2.24) is 9.80 Å². The third kappa shape index (κ3) is 4.55. The normalized spacial score (nSPS) is 23.4. The van der Waals surface area contributed by atoms with Crippen LogP contribution < -0.4 is 0 Å². The number of rotatable bonds is 5. The Labute approximate surface area is 169 Å². The van der Waals surface area contributed by atoms with Crippen molar-refractivity contribution in [2.45, 2.75) is 57.0 Å². The third-order valence-corrected chi connectivity index (χ3v) is 6.58. The molecule has 1 amide bonds. The Bertz CT molecular complexity index is 722. The first kappa shape index (κ1) is 20.4. The lowest BCUT2D eigenvalue weighted by Gasteiger charge is -2.42. The fraction of sp³-hybridized carbons (Fsp3) is 0.632. The third-order valence-electron chi connectivity index (χ3n) is 5.85. The minimum Gasteiger partial charge on any atom is -0.341 e. The first-order valence-corrected chi connectivity index (χ1v) is 10.3. The lowest BCUT2D eigenvalue weighted by molar-refractivity contribution is -0.385. The number of amides is 1. The van der Waals surface area contributed by atoms with Gasteiger partial charge in [0.15, 0.2) is 0 Å². The molecule has 0 bridgehead atoms. The van der Waals surface area contributed by atoms with Crippen LogP contribution in [0.5, 0.6) is 0 Å². The van der Waals surface area contributed by atoms with Crippen LogP contribution in [0.1, 0.15) is 44.1 Å². The van der Waals surface area contributed by atoms with E-state index in [-0.39, 0.29) is 34.1 Å². The quantitative estimate of drug-likeness (QED) is 0.532. The Balaban J connectivity index is 1.77. The second-order valence-electron chi connectivity index (χ2n) is 7.50. The molecule has 1 saturated heterocycles.